The average Bonchev–Trinajstić information content (AvgIpc) is 2.29. The second-order valence-corrected chi connectivity index (χ2v) is 6.67. The molecule has 0 aliphatic heterocycles. The third-order valence-electron chi connectivity index (χ3n) is 2.70. The van der Waals surface area contributed by atoms with Crippen LogP contribution in [0.15, 0.2) is 22.7 Å². The van der Waals surface area contributed by atoms with E-state index in [0.29, 0.717) is 16.6 Å². The first-order valence-corrected chi connectivity index (χ1v) is 6.98. The summed E-state index contributed by atoms with van der Waals surface area (Å²) in [5.74, 6) is -0.844. The Labute approximate surface area is 121 Å². The fraction of sp³-hybridized carbons (Fsp3) is 0.500. The molecule has 0 heterocycles. The Kier molecular flexibility index (Phi) is 5.50. The average molecular weight is 331 g/mol. The van der Waals surface area contributed by atoms with Crippen molar-refractivity contribution in [3.63, 3.8) is 0 Å². The van der Waals surface area contributed by atoms with Gasteiger partial charge in [-0.15, -0.1) is 0 Å². The zero-order chi connectivity index (χ0) is 14.6. The van der Waals surface area contributed by atoms with Crippen LogP contribution < -0.4 is 11.1 Å². The number of hydrogen-bond donors (Lipinski definition) is 2. The van der Waals surface area contributed by atoms with Crippen molar-refractivity contribution in [1.82, 2.24) is 0 Å². The van der Waals surface area contributed by atoms with Crippen molar-refractivity contribution in [3.8, 4) is 0 Å². The van der Waals surface area contributed by atoms with Crippen molar-refractivity contribution in [2.75, 3.05) is 11.9 Å². The Bertz CT molecular complexity index is 457. The van der Waals surface area contributed by atoms with E-state index in [1.165, 1.54) is 6.07 Å². The molecule has 0 fully saturated rings. The lowest BCUT2D eigenvalue weighted by molar-refractivity contribution is -0.120. The molecule has 0 bridgehead atoms. The van der Waals surface area contributed by atoms with E-state index in [4.69, 9.17) is 5.73 Å². The van der Waals surface area contributed by atoms with Crippen LogP contribution in [0.25, 0.3) is 0 Å². The van der Waals surface area contributed by atoms with Crippen LogP contribution in [0.2, 0.25) is 0 Å². The molecule has 0 aromatic heterocycles. The van der Waals surface area contributed by atoms with Gasteiger partial charge in [0.05, 0.1) is 10.4 Å². The van der Waals surface area contributed by atoms with Gasteiger partial charge in [0.1, 0.15) is 5.82 Å². The number of anilines is 1. The largest absolute Gasteiger partial charge is 0.330 e. The summed E-state index contributed by atoms with van der Waals surface area (Å²) in [5.41, 5.74) is 6.11. The lowest BCUT2D eigenvalue weighted by Gasteiger charge is -2.24. The van der Waals surface area contributed by atoms with Crippen molar-refractivity contribution < 1.29 is 9.18 Å². The molecule has 3 nitrogen and oxygen atoms in total. The minimum Gasteiger partial charge on any atom is -0.330 e. The van der Waals surface area contributed by atoms with Crippen LogP contribution in [0.1, 0.15) is 27.2 Å². The molecule has 19 heavy (non-hydrogen) atoms. The highest BCUT2D eigenvalue weighted by Gasteiger charge is 2.23. The zero-order valence-corrected chi connectivity index (χ0v) is 13.1. The molecule has 0 saturated heterocycles. The molecule has 0 spiro atoms. The monoisotopic (exact) mass is 330 g/mol. The molecular formula is C14H20BrFN2O. The minimum absolute atomic E-state index is 0.0202. The summed E-state index contributed by atoms with van der Waals surface area (Å²) in [6.45, 7) is 6.45. The Balaban J connectivity index is 2.74. The highest BCUT2D eigenvalue weighted by molar-refractivity contribution is 9.10. The number of nitrogens with one attached hydrogen (secondary N) is 1. The molecule has 1 unspecified atom stereocenters. The number of halogens is 2. The van der Waals surface area contributed by atoms with Crippen molar-refractivity contribution in [1.29, 1.82) is 0 Å². The van der Waals surface area contributed by atoms with Gasteiger partial charge in [-0.2, -0.15) is 0 Å². The number of carbonyl (C=O) groups excluding carboxylic acids is 1. The summed E-state index contributed by atoms with van der Waals surface area (Å²) >= 11 is 3.07. The smallest absolute Gasteiger partial charge is 0.228 e. The van der Waals surface area contributed by atoms with E-state index in [9.17, 15) is 9.18 Å². The predicted octanol–water partition coefficient (Wildman–Crippen LogP) is 3.54. The Morgan fingerprint density at radius 3 is 2.58 bits per heavy atom. The van der Waals surface area contributed by atoms with Crippen LogP contribution in [0.4, 0.5) is 10.1 Å². The second-order valence-electron chi connectivity index (χ2n) is 5.82. The fourth-order valence-electron chi connectivity index (χ4n) is 1.84. The first-order chi connectivity index (χ1) is 8.73. The highest BCUT2D eigenvalue weighted by Crippen LogP contribution is 2.25. The molecule has 5 heteroatoms. The number of carbonyl (C=O) groups is 1. The van der Waals surface area contributed by atoms with E-state index in [1.54, 1.807) is 12.1 Å². The fourth-order valence-corrected chi connectivity index (χ4v) is 2.09. The van der Waals surface area contributed by atoms with Gasteiger partial charge in [0.15, 0.2) is 0 Å². The van der Waals surface area contributed by atoms with Crippen LogP contribution in [-0.2, 0) is 4.79 Å². The Morgan fingerprint density at radius 1 is 1.47 bits per heavy atom. The van der Waals surface area contributed by atoms with E-state index < -0.39 is 5.82 Å². The van der Waals surface area contributed by atoms with Gasteiger partial charge in [-0.05, 0) is 46.0 Å². The SMILES string of the molecule is CC(C)(C)CC(CN)C(=O)Nc1ccc(Br)c(F)c1. The molecule has 1 aromatic carbocycles. The quantitative estimate of drug-likeness (QED) is 0.887. The summed E-state index contributed by atoms with van der Waals surface area (Å²) in [6, 6.07) is 4.49. The first kappa shape index (κ1) is 16.1. The van der Waals surface area contributed by atoms with Crippen molar-refractivity contribution in [2.24, 2.45) is 17.1 Å². The molecule has 1 amide bonds. The van der Waals surface area contributed by atoms with E-state index in [0.717, 1.165) is 0 Å². The third kappa shape index (κ3) is 5.28. The molecule has 0 saturated carbocycles. The van der Waals surface area contributed by atoms with Gasteiger partial charge in [-0.25, -0.2) is 4.39 Å². The number of hydrogen-bond acceptors (Lipinski definition) is 2. The number of rotatable bonds is 4. The summed E-state index contributed by atoms with van der Waals surface area (Å²) in [4.78, 5) is 12.1. The number of benzene rings is 1. The number of amides is 1. The van der Waals surface area contributed by atoms with E-state index in [-0.39, 0.29) is 23.8 Å². The molecule has 1 rings (SSSR count). The van der Waals surface area contributed by atoms with Gasteiger partial charge >= 0.3 is 0 Å². The third-order valence-corrected chi connectivity index (χ3v) is 3.34. The van der Waals surface area contributed by atoms with Crippen LogP contribution in [0, 0.1) is 17.2 Å². The van der Waals surface area contributed by atoms with Gasteiger partial charge in [0.25, 0.3) is 0 Å². The van der Waals surface area contributed by atoms with Gasteiger partial charge in [-0.1, -0.05) is 20.8 Å². The van der Waals surface area contributed by atoms with E-state index >= 15 is 0 Å². The lowest BCUT2D eigenvalue weighted by atomic mass is 9.84. The summed E-state index contributed by atoms with van der Waals surface area (Å²) < 4.78 is 13.7. The zero-order valence-electron chi connectivity index (χ0n) is 11.5. The molecule has 1 aromatic rings. The standard InChI is InChI=1S/C14H20BrFN2O/c1-14(2,3)7-9(8-17)13(19)18-10-4-5-11(15)12(16)6-10/h4-6,9H,7-8,17H2,1-3H3,(H,18,19). The molecular weight excluding hydrogens is 311 g/mol. The van der Waals surface area contributed by atoms with Crippen LogP contribution in [0.5, 0.6) is 0 Å². The van der Waals surface area contributed by atoms with Crippen molar-refractivity contribution in [3.05, 3.63) is 28.5 Å². The van der Waals surface area contributed by atoms with Crippen molar-refractivity contribution in [2.45, 2.75) is 27.2 Å². The topological polar surface area (TPSA) is 55.1 Å². The highest BCUT2D eigenvalue weighted by atomic mass is 79.9. The van der Waals surface area contributed by atoms with E-state index in [2.05, 4.69) is 42.0 Å². The molecule has 3 N–H and O–H groups in total. The maximum atomic E-state index is 13.4. The van der Waals surface area contributed by atoms with Gasteiger partial charge < -0.3 is 11.1 Å². The predicted molar refractivity (Wildman–Crippen MR) is 79.3 cm³/mol. The molecule has 0 aliphatic carbocycles. The number of nitrogens with two attached hydrogens (primary N) is 1. The van der Waals surface area contributed by atoms with Crippen LogP contribution >= 0.6 is 15.9 Å². The Hall–Kier alpha value is -0.940. The molecule has 106 valence electrons. The van der Waals surface area contributed by atoms with Crippen LogP contribution in [-0.4, -0.2) is 12.5 Å². The summed E-state index contributed by atoms with van der Waals surface area (Å²) in [6.07, 6.45) is 0.689. The van der Waals surface area contributed by atoms with E-state index in [1.807, 2.05) is 0 Å². The maximum Gasteiger partial charge on any atom is 0.228 e. The van der Waals surface area contributed by atoms with Crippen molar-refractivity contribution >= 4 is 27.5 Å². The van der Waals surface area contributed by atoms with Crippen LogP contribution in [0.3, 0.4) is 0 Å². The Morgan fingerprint density at radius 2 is 2.11 bits per heavy atom. The molecule has 0 aliphatic rings. The van der Waals surface area contributed by atoms with Gasteiger partial charge in [0, 0.05) is 12.2 Å². The molecule has 1 atom stereocenters. The summed E-state index contributed by atoms with van der Waals surface area (Å²) in [5, 5.41) is 2.70. The van der Waals surface area contributed by atoms with Gasteiger partial charge in [-0.3, -0.25) is 4.79 Å². The first-order valence-electron chi connectivity index (χ1n) is 6.19. The van der Waals surface area contributed by atoms with Gasteiger partial charge in [0.2, 0.25) is 5.91 Å². The summed E-state index contributed by atoms with van der Waals surface area (Å²) in [7, 11) is 0. The normalized spacial score (nSPS) is 13.2. The second kappa shape index (κ2) is 6.48. The minimum atomic E-state index is -0.405. The molecule has 0 radical (unpaired) electrons. The lowest BCUT2D eigenvalue weighted by Crippen LogP contribution is -2.32. The maximum absolute atomic E-state index is 13.4.